The Morgan fingerprint density at radius 2 is 1.73 bits per heavy atom. The summed E-state index contributed by atoms with van der Waals surface area (Å²) in [6.07, 6.45) is -4.76. The number of alkyl halides is 3. The Morgan fingerprint density at radius 1 is 1.36 bits per heavy atom. The van der Waals surface area contributed by atoms with E-state index in [-0.39, 0.29) is 12.4 Å². The number of hydrogen-bond acceptors (Lipinski definition) is 1. The van der Waals surface area contributed by atoms with Gasteiger partial charge < -0.3 is 5.32 Å². The number of hydrogen-bond donors (Lipinski definition) is 1. The van der Waals surface area contributed by atoms with Gasteiger partial charge in [-0.05, 0) is 13.8 Å². The largest absolute Gasteiger partial charge is 0.471 e. The predicted octanol–water partition coefficient (Wildman–Crippen LogP) is 1.50. The molecular weight excluding hydrogens is 183 g/mol. The number of halogens is 4. The maximum Gasteiger partial charge on any atom is 0.471 e. The second kappa shape index (κ2) is 4.43. The van der Waals surface area contributed by atoms with E-state index in [1.54, 1.807) is 5.32 Å². The van der Waals surface area contributed by atoms with E-state index in [1.807, 2.05) is 0 Å². The first-order valence-corrected chi connectivity index (χ1v) is 2.71. The highest BCUT2D eigenvalue weighted by Crippen LogP contribution is 2.14. The molecule has 0 bridgehead atoms. The molecular formula is C5H9ClF3NO. The molecule has 0 heterocycles. The summed E-state index contributed by atoms with van der Waals surface area (Å²) in [5.74, 6) is -1.89. The van der Waals surface area contributed by atoms with Crippen molar-refractivity contribution < 1.29 is 18.0 Å². The van der Waals surface area contributed by atoms with Crippen LogP contribution in [-0.4, -0.2) is 18.1 Å². The standard InChI is InChI=1S/C5H8F3NO.ClH/c1-3(2)9-4(10)5(6,7)8;/h3H,1-2H3,(H,9,10);1H. The molecule has 0 spiro atoms. The van der Waals surface area contributed by atoms with Crippen molar-refractivity contribution in [2.45, 2.75) is 26.1 Å². The molecule has 0 aliphatic rings. The third-order valence-corrected chi connectivity index (χ3v) is 0.677. The van der Waals surface area contributed by atoms with E-state index in [1.165, 1.54) is 13.8 Å². The van der Waals surface area contributed by atoms with Gasteiger partial charge in [-0.2, -0.15) is 13.2 Å². The van der Waals surface area contributed by atoms with Crippen LogP contribution < -0.4 is 5.32 Å². The molecule has 0 aliphatic carbocycles. The van der Waals surface area contributed by atoms with Crippen LogP contribution in [0, 0.1) is 0 Å². The molecule has 0 fully saturated rings. The van der Waals surface area contributed by atoms with Crippen LogP contribution in [0.5, 0.6) is 0 Å². The van der Waals surface area contributed by atoms with E-state index in [2.05, 4.69) is 0 Å². The summed E-state index contributed by atoms with van der Waals surface area (Å²) in [7, 11) is 0. The van der Waals surface area contributed by atoms with Crippen molar-refractivity contribution in [1.82, 2.24) is 5.32 Å². The second-order valence-corrected chi connectivity index (χ2v) is 2.13. The van der Waals surface area contributed by atoms with Crippen molar-refractivity contribution >= 4 is 18.3 Å². The SMILES string of the molecule is CC(C)NC(=O)C(F)(F)F.Cl. The van der Waals surface area contributed by atoms with Gasteiger partial charge >= 0.3 is 12.1 Å². The quantitative estimate of drug-likeness (QED) is 0.669. The zero-order chi connectivity index (χ0) is 8.36. The first-order chi connectivity index (χ1) is 4.34. The van der Waals surface area contributed by atoms with Crippen molar-refractivity contribution in [1.29, 1.82) is 0 Å². The summed E-state index contributed by atoms with van der Waals surface area (Å²) in [6, 6.07) is -0.478. The van der Waals surface area contributed by atoms with E-state index in [9.17, 15) is 18.0 Å². The van der Waals surface area contributed by atoms with Crippen LogP contribution in [0.3, 0.4) is 0 Å². The fraction of sp³-hybridized carbons (Fsp3) is 0.800. The molecule has 2 nitrogen and oxygen atoms in total. The average molecular weight is 192 g/mol. The second-order valence-electron chi connectivity index (χ2n) is 2.13. The van der Waals surface area contributed by atoms with Crippen molar-refractivity contribution in [3.63, 3.8) is 0 Å². The average Bonchev–Trinajstić information content (AvgIpc) is 1.60. The fourth-order valence-electron chi connectivity index (χ4n) is 0.344. The predicted molar refractivity (Wildman–Crippen MR) is 36.6 cm³/mol. The zero-order valence-corrected chi connectivity index (χ0v) is 6.84. The van der Waals surface area contributed by atoms with Gasteiger partial charge in [0.15, 0.2) is 0 Å². The van der Waals surface area contributed by atoms with Gasteiger partial charge in [0.1, 0.15) is 0 Å². The molecule has 1 amide bonds. The molecule has 0 aromatic heterocycles. The normalized spacial score (nSPS) is 10.7. The third-order valence-electron chi connectivity index (χ3n) is 0.677. The summed E-state index contributed by atoms with van der Waals surface area (Å²) in [5, 5.41) is 1.72. The lowest BCUT2D eigenvalue weighted by Crippen LogP contribution is -2.40. The molecule has 0 saturated heterocycles. The molecule has 0 rings (SSSR count). The van der Waals surface area contributed by atoms with Gasteiger partial charge in [-0.25, -0.2) is 0 Å². The summed E-state index contributed by atoms with van der Waals surface area (Å²) in [4.78, 5) is 10.0. The highest BCUT2D eigenvalue weighted by molar-refractivity contribution is 5.85. The van der Waals surface area contributed by atoms with Crippen LogP contribution >= 0.6 is 12.4 Å². The minimum Gasteiger partial charge on any atom is -0.346 e. The molecule has 0 atom stereocenters. The number of rotatable bonds is 1. The molecule has 0 aliphatic heterocycles. The molecule has 1 N–H and O–H groups in total. The highest BCUT2D eigenvalue weighted by atomic mass is 35.5. The summed E-state index contributed by atoms with van der Waals surface area (Å²) < 4.78 is 34.2. The Kier molecular flexibility index (Phi) is 5.30. The number of amides is 1. The van der Waals surface area contributed by atoms with Crippen molar-refractivity contribution in [2.24, 2.45) is 0 Å². The van der Waals surface area contributed by atoms with E-state index in [0.717, 1.165) is 0 Å². The topological polar surface area (TPSA) is 29.1 Å². The van der Waals surface area contributed by atoms with Crippen LogP contribution in [0.15, 0.2) is 0 Å². The summed E-state index contributed by atoms with van der Waals surface area (Å²) in [6.45, 7) is 2.92. The van der Waals surface area contributed by atoms with Gasteiger partial charge in [0.2, 0.25) is 0 Å². The molecule has 0 aromatic rings. The maximum atomic E-state index is 11.4. The lowest BCUT2D eigenvalue weighted by molar-refractivity contribution is -0.174. The van der Waals surface area contributed by atoms with Gasteiger partial charge in [0.25, 0.3) is 0 Å². The van der Waals surface area contributed by atoms with E-state index in [4.69, 9.17) is 0 Å². The maximum absolute atomic E-state index is 11.4. The molecule has 0 aromatic carbocycles. The lowest BCUT2D eigenvalue weighted by Gasteiger charge is -2.09. The Bertz CT molecular complexity index is 134. The third kappa shape index (κ3) is 5.97. The van der Waals surface area contributed by atoms with Gasteiger partial charge in [0, 0.05) is 6.04 Å². The van der Waals surface area contributed by atoms with Crippen molar-refractivity contribution in [3.8, 4) is 0 Å². The van der Waals surface area contributed by atoms with Gasteiger partial charge in [-0.3, -0.25) is 4.79 Å². The van der Waals surface area contributed by atoms with Gasteiger partial charge in [0.05, 0.1) is 0 Å². The first kappa shape index (κ1) is 13.2. The van der Waals surface area contributed by atoms with Crippen LogP contribution in [0.25, 0.3) is 0 Å². The first-order valence-electron chi connectivity index (χ1n) is 2.71. The zero-order valence-electron chi connectivity index (χ0n) is 6.03. The lowest BCUT2D eigenvalue weighted by atomic mass is 10.4. The smallest absolute Gasteiger partial charge is 0.346 e. The van der Waals surface area contributed by atoms with Crippen LogP contribution in [0.2, 0.25) is 0 Å². The Balaban J connectivity index is 0. The monoisotopic (exact) mass is 191 g/mol. The molecule has 0 unspecified atom stereocenters. The Morgan fingerprint density at radius 3 is 1.82 bits per heavy atom. The van der Waals surface area contributed by atoms with Gasteiger partial charge in [-0.1, -0.05) is 0 Å². The molecule has 11 heavy (non-hydrogen) atoms. The number of carbonyl (C=O) groups is 1. The minimum atomic E-state index is -4.76. The number of carbonyl (C=O) groups excluding carboxylic acids is 1. The van der Waals surface area contributed by atoms with Crippen LogP contribution in [-0.2, 0) is 4.79 Å². The molecule has 0 saturated carbocycles. The van der Waals surface area contributed by atoms with Crippen molar-refractivity contribution in [3.05, 3.63) is 0 Å². The molecule has 0 radical (unpaired) electrons. The highest BCUT2D eigenvalue weighted by Gasteiger charge is 2.38. The van der Waals surface area contributed by atoms with Crippen molar-refractivity contribution in [2.75, 3.05) is 0 Å². The Hall–Kier alpha value is -0.450. The van der Waals surface area contributed by atoms with Crippen LogP contribution in [0.1, 0.15) is 13.8 Å². The van der Waals surface area contributed by atoms with E-state index < -0.39 is 18.1 Å². The van der Waals surface area contributed by atoms with Crippen LogP contribution in [0.4, 0.5) is 13.2 Å². The minimum absolute atomic E-state index is 0. The molecule has 6 heteroatoms. The fourth-order valence-corrected chi connectivity index (χ4v) is 0.344. The Labute approximate surface area is 68.6 Å². The van der Waals surface area contributed by atoms with E-state index >= 15 is 0 Å². The summed E-state index contributed by atoms with van der Waals surface area (Å²) >= 11 is 0. The summed E-state index contributed by atoms with van der Waals surface area (Å²) in [5.41, 5.74) is 0. The van der Waals surface area contributed by atoms with E-state index in [0.29, 0.717) is 0 Å². The van der Waals surface area contributed by atoms with Gasteiger partial charge in [-0.15, -0.1) is 12.4 Å². The molecule has 68 valence electrons. The number of nitrogens with one attached hydrogen (secondary N) is 1.